The molecule has 1 aliphatic rings. The summed E-state index contributed by atoms with van der Waals surface area (Å²) in [4.78, 5) is 14.1. The molecule has 4 heteroatoms. The molecule has 24 heavy (non-hydrogen) atoms. The summed E-state index contributed by atoms with van der Waals surface area (Å²) < 4.78 is 5.51. The summed E-state index contributed by atoms with van der Waals surface area (Å²) in [5, 5.41) is 3.62. The first-order valence-electron chi connectivity index (χ1n) is 9.05. The molecule has 2 atom stereocenters. The second kappa shape index (κ2) is 8.02. The monoisotopic (exact) mass is 332 g/mol. The van der Waals surface area contributed by atoms with Gasteiger partial charge in [-0.2, -0.15) is 0 Å². The first-order chi connectivity index (χ1) is 11.3. The molecule has 4 nitrogen and oxygen atoms in total. The maximum absolute atomic E-state index is 12.3. The highest BCUT2D eigenvalue weighted by Crippen LogP contribution is 2.24. The first kappa shape index (κ1) is 18.8. The van der Waals surface area contributed by atoms with Crippen LogP contribution in [0.5, 0.6) is 0 Å². The van der Waals surface area contributed by atoms with Crippen molar-refractivity contribution in [3.63, 3.8) is 0 Å². The molecule has 0 bridgehead atoms. The molecule has 0 radical (unpaired) electrons. The Hall–Kier alpha value is -1.55. The molecular weight excluding hydrogens is 300 g/mol. The van der Waals surface area contributed by atoms with E-state index in [1.165, 1.54) is 11.1 Å². The summed E-state index contributed by atoms with van der Waals surface area (Å²) in [5.41, 5.74) is 2.22. The third-order valence-electron chi connectivity index (χ3n) is 4.45. The van der Waals surface area contributed by atoms with E-state index in [1.54, 1.807) is 0 Å². The Labute approximate surface area is 146 Å². The molecule has 2 unspecified atom stereocenters. The SMILES string of the molecule is CCNC(Cc1cccc(C)c1)C1CCN(C(=O)OC(C)(C)C)C1. The third-order valence-corrected chi connectivity index (χ3v) is 4.45. The van der Waals surface area contributed by atoms with E-state index in [4.69, 9.17) is 4.74 Å². The smallest absolute Gasteiger partial charge is 0.410 e. The summed E-state index contributed by atoms with van der Waals surface area (Å²) in [6.07, 6.45) is 1.85. The van der Waals surface area contributed by atoms with Gasteiger partial charge in [-0.25, -0.2) is 4.79 Å². The number of nitrogens with one attached hydrogen (secondary N) is 1. The van der Waals surface area contributed by atoms with Gasteiger partial charge in [-0.05, 0) is 58.6 Å². The average molecular weight is 332 g/mol. The molecule has 0 spiro atoms. The van der Waals surface area contributed by atoms with Gasteiger partial charge in [0.15, 0.2) is 0 Å². The molecule has 1 aromatic carbocycles. The fraction of sp³-hybridized carbons (Fsp3) is 0.650. The van der Waals surface area contributed by atoms with E-state index in [0.717, 1.165) is 32.5 Å². The van der Waals surface area contributed by atoms with Crippen molar-refractivity contribution in [2.24, 2.45) is 5.92 Å². The average Bonchev–Trinajstić information content (AvgIpc) is 2.95. The molecular formula is C20H32N2O2. The van der Waals surface area contributed by atoms with Crippen LogP contribution in [0.4, 0.5) is 4.79 Å². The lowest BCUT2D eigenvalue weighted by Crippen LogP contribution is -2.41. The van der Waals surface area contributed by atoms with Gasteiger partial charge in [0.1, 0.15) is 5.60 Å². The lowest BCUT2D eigenvalue weighted by molar-refractivity contribution is 0.0285. The number of carbonyl (C=O) groups is 1. The van der Waals surface area contributed by atoms with E-state index in [1.807, 2.05) is 25.7 Å². The van der Waals surface area contributed by atoms with Gasteiger partial charge in [-0.1, -0.05) is 36.8 Å². The van der Waals surface area contributed by atoms with Crippen LogP contribution in [0, 0.1) is 12.8 Å². The number of ether oxygens (including phenoxy) is 1. The number of benzene rings is 1. The van der Waals surface area contributed by atoms with Crippen LogP contribution >= 0.6 is 0 Å². The Morgan fingerprint density at radius 1 is 1.42 bits per heavy atom. The number of aryl methyl sites for hydroxylation is 1. The number of likely N-dealkylation sites (tertiary alicyclic amines) is 1. The predicted octanol–water partition coefficient (Wildman–Crippen LogP) is 3.77. The van der Waals surface area contributed by atoms with Crippen molar-refractivity contribution in [1.82, 2.24) is 10.2 Å². The number of likely N-dealkylation sites (N-methyl/N-ethyl adjacent to an activating group) is 1. The predicted molar refractivity (Wildman–Crippen MR) is 98.3 cm³/mol. The number of hydrogen-bond acceptors (Lipinski definition) is 3. The van der Waals surface area contributed by atoms with Crippen LogP contribution in [0.15, 0.2) is 24.3 Å². The quantitative estimate of drug-likeness (QED) is 0.892. The first-order valence-corrected chi connectivity index (χ1v) is 9.05. The Bertz CT molecular complexity index is 551. The van der Waals surface area contributed by atoms with Gasteiger partial charge in [-0.3, -0.25) is 0 Å². The number of hydrogen-bond donors (Lipinski definition) is 1. The lowest BCUT2D eigenvalue weighted by atomic mass is 9.92. The van der Waals surface area contributed by atoms with Crippen LogP contribution < -0.4 is 5.32 Å². The van der Waals surface area contributed by atoms with Crippen molar-refractivity contribution in [2.75, 3.05) is 19.6 Å². The largest absolute Gasteiger partial charge is 0.444 e. The molecule has 0 aromatic heterocycles. The van der Waals surface area contributed by atoms with Gasteiger partial charge in [-0.15, -0.1) is 0 Å². The maximum atomic E-state index is 12.3. The number of nitrogens with zero attached hydrogens (tertiary/aromatic N) is 1. The van der Waals surface area contributed by atoms with Gasteiger partial charge < -0.3 is 15.0 Å². The highest BCUT2D eigenvalue weighted by Gasteiger charge is 2.33. The van der Waals surface area contributed by atoms with Crippen molar-refractivity contribution in [3.05, 3.63) is 35.4 Å². The summed E-state index contributed by atoms with van der Waals surface area (Å²) >= 11 is 0. The number of amides is 1. The van der Waals surface area contributed by atoms with Gasteiger partial charge in [0.25, 0.3) is 0 Å². The molecule has 134 valence electrons. The van der Waals surface area contributed by atoms with Crippen LogP contribution in [0.3, 0.4) is 0 Å². The standard InChI is InChI=1S/C20H32N2O2/c1-6-21-18(13-16-9-7-8-15(2)12-16)17-10-11-22(14-17)19(23)24-20(3,4)5/h7-9,12,17-18,21H,6,10-11,13-14H2,1-5H3. The zero-order valence-electron chi connectivity index (χ0n) is 15.8. The van der Waals surface area contributed by atoms with Crippen LogP contribution in [0.25, 0.3) is 0 Å². The second-order valence-corrected chi connectivity index (χ2v) is 7.83. The minimum absolute atomic E-state index is 0.184. The van der Waals surface area contributed by atoms with Gasteiger partial charge in [0, 0.05) is 19.1 Å². The molecule has 0 saturated carbocycles. The van der Waals surface area contributed by atoms with Crippen molar-refractivity contribution < 1.29 is 9.53 Å². The molecule has 1 saturated heterocycles. The maximum Gasteiger partial charge on any atom is 0.410 e. The van der Waals surface area contributed by atoms with E-state index in [9.17, 15) is 4.79 Å². The van der Waals surface area contributed by atoms with Crippen molar-refractivity contribution in [3.8, 4) is 0 Å². The molecule has 0 aliphatic carbocycles. The molecule has 1 aliphatic heterocycles. The van der Waals surface area contributed by atoms with Gasteiger partial charge in [0.2, 0.25) is 0 Å². The number of rotatable bonds is 5. The fourth-order valence-electron chi connectivity index (χ4n) is 3.37. The minimum Gasteiger partial charge on any atom is -0.444 e. The zero-order chi connectivity index (χ0) is 17.7. The van der Waals surface area contributed by atoms with E-state index < -0.39 is 5.60 Å². The highest BCUT2D eigenvalue weighted by molar-refractivity contribution is 5.68. The third kappa shape index (κ3) is 5.52. The van der Waals surface area contributed by atoms with Gasteiger partial charge in [0.05, 0.1) is 0 Å². The molecule has 1 N–H and O–H groups in total. The summed E-state index contributed by atoms with van der Waals surface area (Å²) in [5.74, 6) is 0.470. The van der Waals surface area contributed by atoms with E-state index >= 15 is 0 Å². The summed E-state index contributed by atoms with van der Waals surface area (Å²) in [6, 6.07) is 9.09. The molecule has 1 heterocycles. The Kier molecular flexibility index (Phi) is 6.27. The number of carbonyl (C=O) groups excluding carboxylic acids is 1. The summed E-state index contributed by atoms with van der Waals surface area (Å²) in [7, 11) is 0. The van der Waals surface area contributed by atoms with Crippen LogP contribution in [-0.4, -0.2) is 42.3 Å². The van der Waals surface area contributed by atoms with Gasteiger partial charge >= 0.3 is 6.09 Å². The highest BCUT2D eigenvalue weighted by atomic mass is 16.6. The van der Waals surface area contributed by atoms with E-state index in [2.05, 4.69) is 43.4 Å². The minimum atomic E-state index is -0.433. The summed E-state index contributed by atoms with van der Waals surface area (Å²) in [6.45, 7) is 12.5. The topological polar surface area (TPSA) is 41.6 Å². The van der Waals surface area contributed by atoms with Crippen LogP contribution in [0.1, 0.15) is 45.2 Å². The fourth-order valence-corrected chi connectivity index (χ4v) is 3.37. The molecule has 1 fully saturated rings. The zero-order valence-corrected chi connectivity index (χ0v) is 15.8. The molecule has 1 aromatic rings. The van der Waals surface area contributed by atoms with Crippen molar-refractivity contribution in [2.45, 2.75) is 59.1 Å². The Morgan fingerprint density at radius 2 is 2.17 bits per heavy atom. The lowest BCUT2D eigenvalue weighted by Gasteiger charge is -2.27. The van der Waals surface area contributed by atoms with E-state index in [-0.39, 0.29) is 6.09 Å². The Morgan fingerprint density at radius 3 is 2.79 bits per heavy atom. The van der Waals surface area contributed by atoms with Crippen molar-refractivity contribution >= 4 is 6.09 Å². The normalized spacial score (nSPS) is 19.4. The Balaban J connectivity index is 1.98. The second-order valence-electron chi connectivity index (χ2n) is 7.83. The van der Waals surface area contributed by atoms with Crippen LogP contribution in [0.2, 0.25) is 0 Å². The van der Waals surface area contributed by atoms with E-state index in [0.29, 0.717) is 12.0 Å². The molecule has 1 amide bonds. The van der Waals surface area contributed by atoms with Crippen LogP contribution in [-0.2, 0) is 11.2 Å². The van der Waals surface area contributed by atoms with Crippen molar-refractivity contribution in [1.29, 1.82) is 0 Å². The molecule has 2 rings (SSSR count).